The summed E-state index contributed by atoms with van der Waals surface area (Å²) in [5.74, 6) is -1.09. The molecule has 0 saturated heterocycles. The van der Waals surface area contributed by atoms with Gasteiger partial charge in [-0.05, 0) is 23.3 Å². The standard InChI is InChI=1S/C21H17N3O4S/c1-12(10-17(25)27-2)19-23-24-20(28-19)18(26)21-22-15-9-8-14(11-16(15)29-21)13-6-4-3-5-7-13/h3-9,11-12H,10H2,1-2H3/t12-/m0/s1. The molecule has 7 nitrogen and oxygen atoms in total. The summed E-state index contributed by atoms with van der Waals surface area (Å²) >= 11 is 1.28. The average molecular weight is 407 g/mol. The molecule has 8 heteroatoms. The van der Waals surface area contributed by atoms with E-state index in [4.69, 9.17) is 4.42 Å². The molecule has 4 aromatic rings. The van der Waals surface area contributed by atoms with E-state index in [0.29, 0.717) is 0 Å². The molecule has 0 N–H and O–H groups in total. The third-order valence-electron chi connectivity index (χ3n) is 4.45. The van der Waals surface area contributed by atoms with Crippen LogP contribution in [0.15, 0.2) is 52.9 Å². The van der Waals surface area contributed by atoms with Crippen LogP contribution in [0.4, 0.5) is 0 Å². The number of rotatable bonds is 6. The van der Waals surface area contributed by atoms with Crippen molar-refractivity contribution < 1.29 is 18.7 Å². The van der Waals surface area contributed by atoms with E-state index < -0.39 is 5.78 Å². The van der Waals surface area contributed by atoms with Crippen molar-refractivity contribution in [3.05, 3.63) is 65.3 Å². The molecule has 29 heavy (non-hydrogen) atoms. The second-order valence-electron chi connectivity index (χ2n) is 6.52. The van der Waals surface area contributed by atoms with Gasteiger partial charge in [-0.2, -0.15) is 0 Å². The summed E-state index contributed by atoms with van der Waals surface area (Å²) in [6, 6.07) is 15.9. The Morgan fingerprint density at radius 1 is 1.10 bits per heavy atom. The maximum absolute atomic E-state index is 12.7. The molecule has 2 heterocycles. The molecule has 0 aliphatic heterocycles. The molecule has 0 unspecified atom stereocenters. The summed E-state index contributed by atoms with van der Waals surface area (Å²) in [4.78, 5) is 28.6. The monoisotopic (exact) mass is 407 g/mol. The van der Waals surface area contributed by atoms with E-state index in [1.54, 1.807) is 6.92 Å². The molecule has 0 fully saturated rings. The van der Waals surface area contributed by atoms with Crippen LogP contribution in [0.2, 0.25) is 0 Å². The summed E-state index contributed by atoms with van der Waals surface area (Å²) in [6.45, 7) is 1.75. The first-order valence-corrected chi connectivity index (χ1v) is 9.77. The van der Waals surface area contributed by atoms with Crippen molar-refractivity contribution in [2.45, 2.75) is 19.3 Å². The van der Waals surface area contributed by atoms with Gasteiger partial charge in [-0.15, -0.1) is 21.5 Å². The van der Waals surface area contributed by atoms with Crippen molar-refractivity contribution in [3.63, 3.8) is 0 Å². The quantitative estimate of drug-likeness (QED) is 0.348. The molecule has 0 aliphatic carbocycles. The molecule has 1 atom stereocenters. The zero-order valence-corrected chi connectivity index (χ0v) is 16.6. The summed E-state index contributed by atoms with van der Waals surface area (Å²) in [5, 5.41) is 8.00. The second kappa shape index (κ2) is 7.92. The Hall–Kier alpha value is -3.39. The highest BCUT2D eigenvalue weighted by atomic mass is 32.1. The predicted molar refractivity (Wildman–Crippen MR) is 108 cm³/mol. The molecule has 0 radical (unpaired) electrons. The third-order valence-corrected chi connectivity index (χ3v) is 5.46. The number of thiazole rings is 1. The largest absolute Gasteiger partial charge is 0.469 e. The summed E-state index contributed by atoms with van der Waals surface area (Å²) in [7, 11) is 1.31. The fraction of sp³-hybridized carbons (Fsp3) is 0.190. The first-order chi connectivity index (χ1) is 14.0. The van der Waals surface area contributed by atoms with Crippen molar-refractivity contribution in [2.24, 2.45) is 0 Å². The summed E-state index contributed by atoms with van der Waals surface area (Å²) in [6.07, 6.45) is 0.0930. The predicted octanol–water partition coefficient (Wildman–Crippen LogP) is 4.24. The Labute approximate surface area is 170 Å². The minimum atomic E-state index is -0.434. The highest BCUT2D eigenvalue weighted by Gasteiger charge is 2.24. The van der Waals surface area contributed by atoms with E-state index in [1.807, 2.05) is 48.5 Å². The molecule has 2 aromatic carbocycles. The first kappa shape index (κ1) is 18.9. The van der Waals surface area contributed by atoms with Gasteiger partial charge in [0.25, 0.3) is 11.7 Å². The Balaban J connectivity index is 1.58. The molecule has 146 valence electrons. The van der Waals surface area contributed by atoms with E-state index in [0.717, 1.165) is 21.3 Å². The molecule has 4 rings (SSSR count). The zero-order valence-electron chi connectivity index (χ0n) is 15.8. The van der Waals surface area contributed by atoms with E-state index in [9.17, 15) is 9.59 Å². The van der Waals surface area contributed by atoms with Gasteiger partial charge in [0.05, 0.1) is 23.7 Å². The summed E-state index contributed by atoms with van der Waals surface area (Å²) in [5.41, 5.74) is 2.88. The number of hydrogen-bond donors (Lipinski definition) is 0. The zero-order chi connectivity index (χ0) is 20.4. The van der Waals surface area contributed by atoms with Crippen molar-refractivity contribution in [1.82, 2.24) is 15.2 Å². The first-order valence-electron chi connectivity index (χ1n) is 8.96. The Morgan fingerprint density at radius 2 is 1.90 bits per heavy atom. The van der Waals surface area contributed by atoms with Crippen molar-refractivity contribution in [3.8, 4) is 11.1 Å². The molecule has 0 saturated carbocycles. The molecular formula is C21H17N3O4S. The molecular weight excluding hydrogens is 390 g/mol. The van der Waals surface area contributed by atoms with Gasteiger partial charge in [0.2, 0.25) is 5.89 Å². The number of esters is 1. The minimum absolute atomic E-state index is 0.0930. The maximum Gasteiger partial charge on any atom is 0.306 e. The van der Waals surface area contributed by atoms with E-state index in [1.165, 1.54) is 18.4 Å². The lowest BCUT2D eigenvalue weighted by Gasteiger charge is -2.03. The smallest absolute Gasteiger partial charge is 0.306 e. The van der Waals surface area contributed by atoms with Gasteiger partial charge < -0.3 is 9.15 Å². The number of ketones is 1. The lowest BCUT2D eigenvalue weighted by molar-refractivity contribution is -0.141. The fourth-order valence-electron chi connectivity index (χ4n) is 2.87. The van der Waals surface area contributed by atoms with Gasteiger partial charge in [-0.25, -0.2) is 4.98 Å². The van der Waals surface area contributed by atoms with Crippen LogP contribution in [0.3, 0.4) is 0 Å². The van der Waals surface area contributed by atoms with E-state index in [-0.39, 0.29) is 35.1 Å². The molecule has 0 bridgehead atoms. The molecule has 0 aliphatic rings. The fourth-order valence-corrected chi connectivity index (χ4v) is 3.81. The number of hydrogen-bond acceptors (Lipinski definition) is 8. The number of nitrogens with zero attached hydrogens (tertiary/aromatic N) is 3. The van der Waals surface area contributed by atoms with Crippen LogP contribution in [0.1, 0.15) is 40.8 Å². The maximum atomic E-state index is 12.7. The van der Waals surface area contributed by atoms with Gasteiger partial charge in [0.15, 0.2) is 5.01 Å². The average Bonchev–Trinajstić information content (AvgIpc) is 3.40. The van der Waals surface area contributed by atoms with Crippen LogP contribution < -0.4 is 0 Å². The van der Waals surface area contributed by atoms with E-state index in [2.05, 4.69) is 19.9 Å². The van der Waals surface area contributed by atoms with Crippen LogP contribution in [0.5, 0.6) is 0 Å². The number of carbonyl (C=O) groups excluding carboxylic acids is 2. The van der Waals surface area contributed by atoms with E-state index >= 15 is 0 Å². The third kappa shape index (κ3) is 3.93. The lowest BCUT2D eigenvalue weighted by Crippen LogP contribution is -2.06. The van der Waals surface area contributed by atoms with Gasteiger partial charge in [0.1, 0.15) is 0 Å². The highest BCUT2D eigenvalue weighted by Crippen LogP contribution is 2.29. The number of aromatic nitrogens is 3. The van der Waals surface area contributed by atoms with Crippen LogP contribution in [-0.4, -0.2) is 34.0 Å². The lowest BCUT2D eigenvalue weighted by atomic mass is 10.1. The second-order valence-corrected chi connectivity index (χ2v) is 7.55. The summed E-state index contributed by atoms with van der Waals surface area (Å²) < 4.78 is 11.0. The van der Waals surface area contributed by atoms with Crippen LogP contribution in [-0.2, 0) is 9.53 Å². The molecule has 2 aromatic heterocycles. The van der Waals surface area contributed by atoms with Gasteiger partial charge >= 0.3 is 5.97 Å². The molecule has 0 amide bonds. The number of ether oxygens (including phenoxy) is 1. The number of carbonyl (C=O) groups is 2. The number of benzene rings is 2. The van der Waals surface area contributed by atoms with Crippen molar-refractivity contribution in [1.29, 1.82) is 0 Å². The van der Waals surface area contributed by atoms with Crippen LogP contribution >= 0.6 is 11.3 Å². The van der Waals surface area contributed by atoms with Gasteiger partial charge in [-0.1, -0.05) is 43.3 Å². The Kier molecular flexibility index (Phi) is 5.18. The Morgan fingerprint density at radius 3 is 2.66 bits per heavy atom. The topological polar surface area (TPSA) is 95.2 Å². The van der Waals surface area contributed by atoms with Gasteiger partial charge in [-0.3, -0.25) is 9.59 Å². The normalized spacial score (nSPS) is 12.1. The van der Waals surface area contributed by atoms with Gasteiger partial charge in [0, 0.05) is 5.92 Å². The van der Waals surface area contributed by atoms with Crippen molar-refractivity contribution in [2.75, 3.05) is 7.11 Å². The molecule has 0 spiro atoms. The Bertz CT molecular complexity index is 1180. The number of fused-ring (bicyclic) bond motifs is 1. The van der Waals surface area contributed by atoms with Crippen LogP contribution in [0.25, 0.3) is 21.3 Å². The van der Waals surface area contributed by atoms with Crippen LogP contribution in [0, 0.1) is 0 Å². The minimum Gasteiger partial charge on any atom is -0.469 e. The number of methoxy groups -OCH3 is 1. The highest BCUT2D eigenvalue weighted by molar-refractivity contribution is 7.20. The van der Waals surface area contributed by atoms with Crippen molar-refractivity contribution >= 4 is 33.3 Å². The SMILES string of the molecule is COC(=O)C[C@H](C)c1nnc(C(=O)c2nc3ccc(-c4ccccc4)cc3s2)o1.